The summed E-state index contributed by atoms with van der Waals surface area (Å²) in [5, 5.41) is 17.8. The van der Waals surface area contributed by atoms with Crippen LogP contribution < -0.4 is 10.6 Å². The van der Waals surface area contributed by atoms with E-state index in [2.05, 4.69) is 20.6 Å². The Balaban J connectivity index is 1.84. The van der Waals surface area contributed by atoms with E-state index in [0.29, 0.717) is 10.7 Å². The van der Waals surface area contributed by atoms with Gasteiger partial charge in [-0.05, 0) is 42.0 Å². The minimum absolute atomic E-state index is 0.0499. The Morgan fingerprint density at radius 1 is 1.04 bits per heavy atom. The minimum atomic E-state index is -0.564. The van der Waals surface area contributed by atoms with Gasteiger partial charge in [-0.3, -0.25) is 10.1 Å². The molecule has 9 heteroatoms. The lowest BCUT2D eigenvalue weighted by Crippen LogP contribution is -2.08. The van der Waals surface area contributed by atoms with Crippen molar-refractivity contribution in [3.8, 4) is 0 Å². The molecule has 132 valence electrons. The van der Waals surface area contributed by atoms with Crippen LogP contribution in [0.5, 0.6) is 0 Å². The molecule has 0 radical (unpaired) electrons. The third-order valence-corrected chi connectivity index (χ3v) is 3.74. The monoisotopic (exact) mass is 373 g/mol. The number of halogens is 2. The number of hydrogen-bond acceptors (Lipinski definition) is 6. The second-order valence-corrected chi connectivity index (χ2v) is 5.72. The fraction of sp³-hybridized carbons (Fsp3) is 0.0588. The highest BCUT2D eigenvalue weighted by molar-refractivity contribution is 6.30. The number of nitrogens with one attached hydrogen (secondary N) is 2. The lowest BCUT2D eigenvalue weighted by atomic mass is 10.2. The van der Waals surface area contributed by atoms with Gasteiger partial charge in [0.05, 0.1) is 4.92 Å². The van der Waals surface area contributed by atoms with Crippen LogP contribution in [-0.2, 0) is 6.54 Å². The molecule has 26 heavy (non-hydrogen) atoms. The zero-order chi connectivity index (χ0) is 18.5. The van der Waals surface area contributed by atoms with Crippen molar-refractivity contribution in [3.05, 3.63) is 81.4 Å². The van der Waals surface area contributed by atoms with E-state index >= 15 is 0 Å². The summed E-state index contributed by atoms with van der Waals surface area (Å²) in [5.74, 6) is -0.240. The highest BCUT2D eigenvalue weighted by Crippen LogP contribution is 2.31. The standard InChI is InChI=1S/C17H13ClFN5O2/c18-12-3-7-14(8-4-12)23-17-15(24(25)26)16(21-10-22-17)20-9-11-1-5-13(19)6-2-11/h1-8,10H,9H2,(H2,20,21,22,23). The van der Waals surface area contributed by atoms with Crippen molar-refractivity contribution in [2.45, 2.75) is 6.54 Å². The molecule has 0 aliphatic rings. The molecule has 0 unspecified atom stereocenters. The molecule has 2 aromatic carbocycles. The van der Waals surface area contributed by atoms with Crippen molar-refractivity contribution in [3.63, 3.8) is 0 Å². The first-order chi connectivity index (χ1) is 12.5. The Bertz CT molecular complexity index is 919. The first-order valence-electron chi connectivity index (χ1n) is 7.53. The van der Waals surface area contributed by atoms with Gasteiger partial charge in [-0.2, -0.15) is 0 Å². The maximum atomic E-state index is 13.0. The van der Waals surface area contributed by atoms with Gasteiger partial charge in [0.15, 0.2) is 0 Å². The van der Waals surface area contributed by atoms with Gasteiger partial charge in [0, 0.05) is 17.3 Å². The van der Waals surface area contributed by atoms with E-state index in [1.807, 2.05) is 0 Å². The largest absolute Gasteiger partial charge is 0.360 e. The zero-order valence-corrected chi connectivity index (χ0v) is 14.1. The van der Waals surface area contributed by atoms with Crippen LogP contribution in [0, 0.1) is 15.9 Å². The summed E-state index contributed by atoms with van der Waals surface area (Å²) >= 11 is 5.84. The van der Waals surface area contributed by atoms with Gasteiger partial charge in [-0.1, -0.05) is 23.7 Å². The molecule has 3 aromatic rings. The Morgan fingerprint density at radius 2 is 1.69 bits per heavy atom. The van der Waals surface area contributed by atoms with E-state index < -0.39 is 4.92 Å². The fourth-order valence-corrected chi connectivity index (χ4v) is 2.36. The summed E-state index contributed by atoms with van der Waals surface area (Å²) in [6.07, 6.45) is 1.22. The van der Waals surface area contributed by atoms with E-state index in [9.17, 15) is 14.5 Å². The topological polar surface area (TPSA) is 93.0 Å². The smallest absolute Gasteiger partial charge is 0.353 e. The van der Waals surface area contributed by atoms with Crippen LogP contribution in [0.4, 0.5) is 27.4 Å². The van der Waals surface area contributed by atoms with Crippen molar-refractivity contribution < 1.29 is 9.31 Å². The molecular formula is C17H13ClFN5O2. The average Bonchev–Trinajstić information content (AvgIpc) is 2.63. The molecule has 0 atom stereocenters. The van der Waals surface area contributed by atoms with Gasteiger partial charge in [0.2, 0.25) is 11.6 Å². The predicted molar refractivity (Wildman–Crippen MR) is 97.1 cm³/mol. The average molecular weight is 374 g/mol. The number of aromatic nitrogens is 2. The summed E-state index contributed by atoms with van der Waals surface area (Å²) < 4.78 is 13.0. The van der Waals surface area contributed by atoms with E-state index in [1.54, 1.807) is 36.4 Å². The molecule has 2 N–H and O–H groups in total. The second kappa shape index (κ2) is 7.75. The molecule has 0 amide bonds. The van der Waals surface area contributed by atoms with Gasteiger partial charge in [0.1, 0.15) is 12.1 Å². The molecular weight excluding hydrogens is 361 g/mol. The molecule has 3 rings (SSSR count). The number of rotatable bonds is 6. The molecule has 1 heterocycles. The molecule has 0 bridgehead atoms. The third-order valence-electron chi connectivity index (χ3n) is 3.49. The van der Waals surface area contributed by atoms with Gasteiger partial charge in [0.25, 0.3) is 0 Å². The van der Waals surface area contributed by atoms with Gasteiger partial charge in [-0.25, -0.2) is 14.4 Å². The summed E-state index contributed by atoms with van der Waals surface area (Å²) in [6.45, 7) is 0.249. The normalized spacial score (nSPS) is 10.4. The molecule has 1 aromatic heterocycles. The van der Waals surface area contributed by atoms with Gasteiger partial charge < -0.3 is 10.6 Å². The maximum absolute atomic E-state index is 13.0. The predicted octanol–water partition coefficient (Wildman–Crippen LogP) is 4.53. The number of anilines is 3. The number of nitrogens with zero attached hydrogens (tertiary/aromatic N) is 3. The Kier molecular flexibility index (Phi) is 5.23. The molecule has 0 saturated heterocycles. The molecule has 0 fully saturated rings. The van der Waals surface area contributed by atoms with Crippen LogP contribution in [0.3, 0.4) is 0 Å². The Labute approximate surface area is 153 Å². The minimum Gasteiger partial charge on any atom is -0.360 e. The quantitative estimate of drug-likeness (QED) is 0.487. The molecule has 0 aliphatic heterocycles. The van der Waals surface area contributed by atoms with Crippen LogP contribution in [0.2, 0.25) is 5.02 Å². The van der Waals surface area contributed by atoms with E-state index in [1.165, 1.54) is 18.5 Å². The Morgan fingerprint density at radius 3 is 2.35 bits per heavy atom. The zero-order valence-electron chi connectivity index (χ0n) is 13.3. The number of hydrogen-bond donors (Lipinski definition) is 2. The lowest BCUT2D eigenvalue weighted by Gasteiger charge is -2.10. The van der Waals surface area contributed by atoms with Crippen molar-refractivity contribution in [1.29, 1.82) is 0 Å². The second-order valence-electron chi connectivity index (χ2n) is 5.29. The van der Waals surface area contributed by atoms with Crippen LogP contribution in [-0.4, -0.2) is 14.9 Å². The Hall–Kier alpha value is -3.26. The highest BCUT2D eigenvalue weighted by Gasteiger charge is 2.23. The molecule has 0 saturated carbocycles. The van der Waals surface area contributed by atoms with Crippen LogP contribution in [0.15, 0.2) is 54.9 Å². The molecule has 0 aliphatic carbocycles. The van der Waals surface area contributed by atoms with Crippen molar-refractivity contribution in [1.82, 2.24) is 9.97 Å². The molecule has 7 nitrogen and oxygen atoms in total. The van der Waals surface area contributed by atoms with Crippen molar-refractivity contribution in [2.24, 2.45) is 0 Å². The molecule has 0 spiro atoms. The van der Waals surface area contributed by atoms with Gasteiger partial charge in [-0.15, -0.1) is 0 Å². The summed E-state index contributed by atoms with van der Waals surface area (Å²) in [4.78, 5) is 18.9. The van der Waals surface area contributed by atoms with E-state index in [0.717, 1.165) is 5.56 Å². The lowest BCUT2D eigenvalue weighted by molar-refractivity contribution is -0.383. The maximum Gasteiger partial charge on any atom is 0.353 e. The highest BCUT2D eigenvalue weighted by atomic mass is 35.5. The number of benzene rings is 2. The first-order valence-corrected chi connectivity index (χ1v) is 7.91. The van der Waals surface area contributed by atoms with E-state index in [-0.39, 0.29) is 29.7 Å². The summed E-state index contributed by atoms with van der Waals surface area (Å²) in [7, 11) is 0. The van der Waals surface area contributed by atoms with Crippen LogP contribution in [0.25, 0.3) is 0 Å². The SMILES string of the molecule is O=[N+]([O-])c1c(NCc2ccc(F)cc2)ncnc1Nc1ccc(Cl)cc1. The van der Waals surface area contributed by atoms with Crippen molar-refractivity contribution >= 4 is 34.6 Å². The number of nitro groups is 1. The van der Waals surface area contributed by atoms with Crippen molar-refractivity contribution in [2.75, 3.05) is 10.6 Å². The summed E-state index contributed by atoms with van der Waals surface area (Å²) in [6, 6.07) is 12.5. The van der Waals surface area contributed by atoms with Gasteiger partial charge >= 0.3 is 5.69 Å². The van der Waals surface area contributed by atoms with E-state index in [4.69, 9.17) is 11.6 Å². The third kappa shape index (κ3) is 4.22. The van der Waals surface area contributed by atoms with Crippen LogP contribution >= 0.6 is 11.6 Å². The fourth-order valence-electron chi connectivity index (χ4n) is 2.23. The summed E-state index contributed by atoms with van der Waals surface area (Å²) in [5.41, 5.74) is 1.07. The van der Waals surface area contributed by atoms with Crippen LogP contribution in [0.1, 0.15) is 5.56 Å². The first kappa shape index (κ1) is 17.6.